The van der Waals surface area contributed by atoms with Gasteiger partial charge in [-0.15, -0.1) is 0 Å². The topological polar surface area (TPSA) is 73.6 Å². The van der Waals surface area contributed by atoms with Crippen molar-refractivity contribution in [3.8, 4) is 17.2 Å². The second-order valence-electron chi connectivity index (χ2n) is 9.17. The predicted molar refractivity (Wildman–Crippen MR) is 118 cm³/mol. The number of aromatic hydroxyl groups is 1. The Bertz CT molecular complexity index is 1190. The number of hydrogen-bond donors (Lipinski definition) is 1. The van der Waals surface area contributed by atoms with Crippen LogP contribution in [0.3, 0.4) is 0 Å². The fraction of sp³-hybridized carbons (Fsp3) is 0.360. The summed E-state index contributed by atoms with van der Waals surface area (Å²) < 4.78 is 53.9. The quantitative estimate of drug-likeness (QED) is 0.469. The van der Waals surface area contributed by atoms with Crippen molar-refractivity contribution in [1.82, 2.24) is 9.78 Å². The summed E-state index contributed by atoms with van der Waals surface area (Å²) in [5.74, 6) is -0.153. The number of carbonyl (C=O) groups is 1. The Morgan fingerprint density at radius 2 is 1.82 bits per heavy atom. The summed E-state index contributed by atoms with van der Waals surface area (Å²) in [4.78, 5) is 12.2. The highest BCUT2D eigenvalue weighted by atomic mass is 19.4. The van der Waals surface area contributed by atoms with Crippen molar-refractivity contribution in [3.63, 3.8) is 0 Å². The summed E-state index contributed by atoms with van der Waals surface area (Å²) in [5.41, 5.74) is -0.527. The smallest absolute Gasteiger partial charge is 0.435 e. The molecule has 34 heavy (non-hydrogen) atoms. The van der Waals surface area contributed by atoms with Crippen LogP contribution in [0.4, 0.5) is 13.2 Å². The molecule has 0 saturated carbocycles. The molecular weight excluding hydrogens is 449 g/mol. The normalized spacial score (nSPS) is 16.1. The van der Waals surface area contributed by atoms with Crippen LogP contribution in [0.15, 0.2) is 48.5 Å². The molecular formula is C25H25F3N2O4. The lowest BCUT2D eigenvalue weighted by atomic mass is 9.93. The number of phenolic OH excluding ortho intramolecular Hbond substituents is 1. The maximum absolute atomic E-state index is 13.8. The minimum Gasteiger partial charge on any atom is -0.508 e. The predicted octanol–water partition coefficient (Wildman–Crippen LogP) is 6.01. The van der Waals surface area contributed by atoms with Crippen LogP contribution in [0.5, 0.6) is 11.5 Å². The third kappa shape index (κ3) is 5.03. The molecule has 3 aromatic rings. The molecule has 1 heterocycles. The van der Waals surface area contributed by atoms with E-state index in [1.807, 2.05) is 0 Å². The molecule has 2 aromatic carbocycles. The highest BCUT2D eigenvalue weighted by Gasteiger charge is 2.42. The Labute approximate surface area is 194 Å². The van der Waals surface area contributed by atoms with Crippen LogP contribution in [0.2, 0.25) is 0 Å². The van der Waals surface area contributed by atoms with Crippen molar-refractivity contribution < 1.29 is 32.5 Å². The van der Waals surface area contributed by atoms with E-state index < -0.39 is 29.5 Å². The Hall–Kier alpha value is -3.49. The molecule has 1 atom stereocenters. The molecule has 0 bridgehead atoms. The zero-order chi connectivity index (χ0) is 24.7. The van der Waals surface area contributed by atoms with Gasteiger partial charge in [-0.05, 0) is 76.4 Å². The largest absolute Gasteiger partial charge is 0.508 e. The van der Waals surface area contributed by atoms with Gasteiger partial charge in [0.2, 0.25) is 0 Å². The Morgan fingerprint density at radius 1 is 1.12 bits per heavy atom. The molecule has 9 heteroatoms. The third-order valence-corrected chi connectivity index (χ3v) is 5.33. The minimum absolute atomic E-state index is 0.0821. The number of carbonyl (C=O) groups excluding carboxylic acids is 1. The van der Waals surface area contributed by atoms with Crippen LogP contribution in [0.25, 0.3) is 5.69 Å². The number of benzene rings is 2. The number of hydrogen-bond acceptors (Lipinski definition) is 5. The molecule has 0 saturated heterocycles. The van der Waals surface area contributed by atoms with Crippen molar-refractivity contribution >= 4 is 5.97 Å². The monoisotopic (exact) mass is 474 g/mol. The first-order valence-electron chi connectivity index (χ1n) is 10.9. The number of aromatic nitrogens is 2. The van der Waals surface area contributed by atoms with Crippen molar-refractivity contribution in [2.45, 2.75) is 57.9 Å². The van der Waals surface area contributed by atoms with Gasteiger partial charge in [0.1, 0.15) is 23.2 Å². The zero-order valence-electron chi connectivity index (χ0n) is 19.0. The van der Waals surface area contributed by atoms with Gasteiger partial charge in [-0.1, -0.05) is 6.07 Å². The Balaban J connectivity index is 1.68. The van der Waals surface area contributed by atoms with E-state index in [1.54, 1.807) is 57.2 Å². The summed E-state index contributed by atoms with van der Waals surface area (Å²) in [6.07, 6.45) is -4.10. The average Bonchev–Trinajstić information content (AvgIpc) is 3.14. The molecule has 1 aromatic heterocycles. The molecule has 6 nitrogen and oxygen atoms in total. The number of phenols is 1. The van der Waals surface area contributed by atoms with Crippen LogP contribution in [0, 0.1) is 0 Å². The van der Waals surface area contributed by atoms with Gasteiger partial charge in [0.05, 0.1) is 16.9 Å². The molecule has 0 amide bonds. The van der Waals surface area contributed by atoms with Crippen molar-refractivity contribution in [3.05, 3.63) is 71.0 Å². The van der Waals surface area contributed by atoms with Gasteiger partial charge >= 0.3 is 12.1 Å². The molecule has 180 valence electrons. The lowest BCUT2D eigenvalue weighted by Crippen LogP contribution is -2.23. The molecule has 0 radical (unpaired) electrons. The zero-order valence-corrected chi connectivity index (χ0v) is 19.0. The first kappa shape index (κ1) is 23.7. The number of nitrogens with zero attached hydrogens (tertiary/aromatic N) is 2. The van der Waals surface area contributed by atoms with E-state index in [2.05, 4.69) is 5.10 Å². The molecule has 0 spiro atoms. The van der Waals surface area contributed by atoms with E-state index in [0.717, 1.165) is 0 Å². The number of esters is 1. The van der Waals surface area contributed by atoms with Crippen LogP contribution in [-0.4, -0.2) is 26.5 Å². The van der Waals surface area contributed by atoms with E-state index in [1.165, 1.54) is 16.8 Å². The van der Waals surface area contributed by atoms with E-state index in [9.17, 15) is 23.1 Å². The molecule has 1 aliphatic rings. The highest BCUT2D eigenvalue weighted by Crippen LogP contribution is 2.42. The first-order chi connectivity index (χ1) is 15.9. The number of halogens is 3. The SMILES string of the molecule is CC(C)(C)OC(=O)c1ccc(OC2CCCc3c(C(F)(F)F)nn(-c4cccc(O)c4)c32)cc1. The van der Waals surface area contributed by atoms with Gasteiger partial charge in [0.15, 0.2) is 5.69 Å². The first-order valence-corrected chi connectivity index (χ1v) is 10.9. The van der Waals surface area contributed by atoms with Crippen molar-refractivity contribution in [2.75, 3.05) is 0 Å². The summed E-state index contributed by atoms with van der Waals surface area (Å²) in [7, 11) is 0. The number of rotatable bonds is 4. The van der Waals surface area contributed by atoms with Crippen LogP contribution < -0.4 is 4.74 Å². The second-order valence-corrected chi connectivity index (χ2v) is 9.17. The van der Waals surface area contributed by atoms with E-state index in [-0.39, 0.29) is 17.7 Å². The Kier molecular flexibility index (Phi) is 6.05. The van der Waals surface area contributed by atoms with Gasteiger partial charge in [0.25, 0.3) is 0 Å². The van der Waals surface area contributed by atoms with E-state index in [4.69, 9.17) is 9.47 Å². The molecule has 0 aliphatic heterocycles. The number of ether oxygens (including phenoxy) is 2. The molecule has 1 unspecified atom stereocenters. The van der Waals surface area contributed by atoms with Gasteiger partial charge in [-0.3, -0.25) is 0 Å². The molecule has 1 aliphatic carbocycles. The van der Waals surface area contributed by atoms with E-state index in [0.29, 0.717) is 35.5 Å². The van der Waals surface area contributed by atoms with Crippen molar-refractivity contribution in [2.24, 2.45) is 0 Å². The van der Waals surface area contributed by atoms with Crippen LogP contribution in [0.1, 0.15) is 67.0 Å². The molecule has 0 fully saturated rings. The van der Waals surface area contributed by atoms with E-state index >= 15 is 0 Å². The number of fused-ring (bicyclic) bond motifs is 1. The van der Waals surface area contributed by atoms with Gasteiger partial charge in [-0.25, -0.2) is 9.48 Å². The lowest BCUT2D eigenvalue weighted by molar-refractivity contribution is -0.142. The molecule has 4 rings (SSSR count). The van der Waals surface area contributed by atoms with Crippen molar-refractivity contribution in [1.29, 1.82) is 0 Å². The maximum atomic E-state index is 13.8. The average molecular weight is 474 g/mol. The second kappa shape index (κ2) is 8.70. The maximum Gasteiger partial charge on any atom is 0.435 e. The summed E-state index contributed by atoms with van der Waals surface area (Å²) in [6.45, 7) is 5.32. The fourth-order valence-electron chi connectivity index (χ4n) is 3.98. The van der Waals surface area contributed by atoms with Gasteiger partial charge < -0.3 is 14.6 Å². The third-order valence-electron chi connectivity index (χ3n) is 5.33. The number of alkyl halides is 3. The van der Waals surface area contributed by atoms with Gasteiger partial charge in [0, 0.05) is 11.6 Å². The lowest BCUT2D eigenvalue weighted by Gasteiger charge is -2.26. The van der Waals surface area contributed by atoms with Crippen LogP contribution in [-0.2, 0) is 17.3 Å². The Morgan fingerprint density at radius 3 is 2.44 bits per heavy atom. The minimum atomic E-state index is -4.62. The standard InChI is InChI=1S/C25H25F3N2O4/c1-24(2,3)34-23(32)15-10-12-18(13-11-15)33-20-9-5-8-19-21(20)30(29-22(19)25(26,27)28)16-6-4-7-17(31)14-16/h4,6-7,10-14,20,31H,5,8-9H2,1-3H3. The fourth-order valence-corrected chi connectivity index (χ4v) is 3.98. The molecule has 1 N–H and O–H groups in total. The highest BCUT2D eigenvalue weighted by molar-refractivity contribution is 5.89. The summed E-state index contributed by atoms with van der Waals surface area (Å²) >= 11 is 0. The van der Waals surface area contributed by atoms with Gasteiger partial charge in [-0.2, -0.15) is 18.3 Å². The van der Waals surface area contributed by atoms with Crippen LogP contribution >= 0.6 is 0 Å². The summed E-state index contributed by atoms with van der Waals surface area (Å²) in [6, 6.07) is 12.2. The summed E-state index contributed by atoms with van der Waals surface area (Å²) in [5, 5.41) is 13.7.